The van der Waals surface area contributed by atoms with Gasteiger partial charge in [0.2, 0.25) is 0 Å². The van der Waals surface area contributed by atoms with Gasteiger partial charge in [0.15, 0.2) is 11.5 Å². The summed E-state index contributed by atoms with van der Waals surface area (Å²) in [5.74, 6) is 2.02. The monoisotopic (exact) mass is 273 g/mol. The third-order valence-corrected chi connectivity index (χ3v) is 3.67. The highest BCUT2D eigenvalue weighted by Gasteiger charge is 2.18. The van der Waals surface area contributed by atoms with Crippen LogP contribution >= 0.6 is 0 Å². The first-order chi connectivity index (χ1) is 9.76. The van der Waals surface area contributed by atoms with Crippen LogP contribution in [0.2, 0.25) is 0 Å². The molecular formula is C15H19N3O2. The number of rotatable bonds is 4. The van der Waals surface area contributed by atoms with Crippen LogP contribution in [0.5, 0.6) is 11.5 Å². The Morgan fingerprint density at radius 3 is 2.65 bits per heavy atom. The second kappa shape index (κ2) is 5.45. The lowest BCUT2D eigenvalue weighted by Crippen LogP contribution is -2.11. The molecule has 1 saturated carbocycles. The molecule has 3 rings (SSSR count). The number of methoxy groups -OCH3 is 1. The van der Waals surface area contributed by atoms with Gasteiger partial charge < -0.3 is 15.2 Å². The van der Waals surface area contributed by atoms with Gasteiger partial charge in [0, 0.05) is 11.6 Å². The molecule has 0 bridgehead atoms. The van der Waals surface area contributed by atoms with Gasteiger partial charge in [-0.1, -0.05) is 0 Å². The Morgan fingerprint density at radius 2 is 2.00 bits per heavy atom. The topological polar surface area (TPSA) is 73.2 Å². The van der Waals surface area contributed by atoms with Crippen molar-refractivity contribution in [3.63, 3.8) is 0 Å². The number of benzene rings is 1. The van der Waals surface area contributed by atoms with E-state index < -0.39 is 0 Å². The number of anilines is 1. The Hall–Kier alpha value is -2.17. The van der Waals surface area contributed by atoms with Crippen molar-refractivity contribution in [2.75, 3.05) is 12.8 Å². The molecule has 0 aliphatic heterocycles. The second-order valence-corrected chi connectivity index (χ2v) is 5.10. The number of nitrogens with two attached hydrogens (primary N) is 1. The Labute approximate surface area is 118 Å². The van der Waals surface area contributed by atoms with Crippen molar-refractivity contribution in [3.8, 4) is 22.8 Å². The highest BCUT2D eigenvalue weighted by molar-refractivity contribution is 5.65. The van der Waals surface area contributed by atoms with E-state index in [0.717, 1.165) is 35.6 Å². The van der Waals surface area contributed by atoms with Gasteiger partial charge in [-0.25, -0.2) is 0 Å². The van der Waals surface area contributed by atoms with Crippen LogP contribution in [0.3, 0.4) is 0 Å². The number of hydrogen-bond acceptors (Lipinski definition) is 4. The van der Waals surface area contributed by atoms with Crippen LogP contribution in [0.4, 0.5) is 5.82 Å². The first kappa shape index (κ1) is 12.8. The van der Waals surface area contributed by atoms with Crippen molar-refractivity contribution in [1.29, 1.82) is 0 Å². The molecule has 20 heavy (non-hydrogen) atoms. The standard InChI is InChI=1S/C15H19N3O2/c1-19-14-8-10(12-9-15(16)18-17-12)6-7-13(14)20-11-4-2-3-5-11/h6-9,11H,2-5H2,1H3,(H3,16,17,18). The summed E-state index contributed by atoms with van der Waals surface area (Å²) in [6, 6.07) is 7.67. The summed E-state index contributed by atoms with van der Waals surface area (Å²) in [4.78, 5) is 0. The molecule has 2 aromatic rings. The quantitative estimate of drug-likeness (QED) is 0.898. The van der Waals surface area contributed by atoms with E-state index in [2.05, 4.69) is 10.2 Å². The lowest BCUT2D eigenvalue weighted by atomic mass is 10.1. The van der Waals surface area contributed by atoms with Crippen molar-refractivity contribution in [3.05, 3.63) is 24.3 Å². The minimum atomic E-state index is 0.317. The van der Waals surface area contributed by atoms with E-state index >= 15 is 0 Å². The predicted molar refractivity (Wildman–Crippen MR) is 77.9 cm³/mol. The van der Waals surface area contributed by atoms with Crippen molar-refractivity contribution in [2.45, 2.75) is 31.8 Å². The van der Waals surface area contributed by atoms with Gasteiger partial charge >= 0.3 is 0 Å². The third-order valence-electron chi connectivity index (χ3n) is 3.67. The van der Waals surface area contributed by atoms with Crippen LogP contribution in [0.15, 0.2) is 24.3 Å². The van der Waals surface area contributed by atoms with E-state index in [1.807, 2.05) is 18.2 Å². The average Bonchev–Trinajstić information content (AvgIpc) is 3.11. The van der Waals surface area contributed by atoms with Crippen LogP contribution in [-0.4, -0.2) is 23.4 Å². The molecule has 5 nitrogen and oxygen atoms in total. The molecule has 0 saturated heterocycles. The normalized spacial score (nSPS) is 15.4. The van der Waals surface area contributed by atoms with Crippen molar-refractivity contribution in [2.24, 2.45) is 0 Å². The minimum absolute atomic E-state index is 0.317. The maximum absolute atomic E-state index is 6.02. The Bertz CT molecular complexity index is 589. The zero-order valence-electron chi connectivity index (χ0n) is 11.6. The summed E-state index contributed by atoms with van der Waals surface area (Å²) in [6.07, 6.45) is 5.07. The van der Waals surface area contributed by atoms with Gasteiger partial charge in [-0.2, -0.15) is 5.10 Å². The largest absolute Gasteiger partial charge is 0.493 e. The van der Waals surface area contributed by atoms with Crippen LogP contribution in [-0.2, 0) is 0 Å². The highest BCUT2D eigenvalue weighted by atomic mass is 16.5. The molecule has 0 unspecified atom stereocenters. The fourth-order valence-corrected chi connectivity index (χ4v) is 2.60. The Kier molecular flexibility index (Phi) is 3.50. The maximum atomic E-state index is 6.02. The number of ether oxygens (including phenoxy) is 2. The minimum Gasteiger partial charge on any atom is -0.493 e. The number of hydrogen-bond donors (Lipinski definition) is 2. The molecule has 1 aliphatic rings. The summed E-state index contributed by atoms with van der Waals surface area (Å²) in [5, 5.41) is 6.83. The third kappa shape index (κ3) is 2.57. The van der Waals surface area contributed by atoms with Crippen molar-refractivity contribution < 1.29 is 9.47 Å². The summed E-state index contributed by atoms with van der Waals surface area (Å²) in [7, 11) is 1.65. The molecule has 106 valence electrons. The van der Waals surface area contributed by atoms with Crippen molar-refractivity contribution >= 4 is 5.82 Å². The summed E-state index contributed by atoms with van der Waals surface area (Å²) < 4.78 is 11.5. The molecule has 1 heterocycles. The molecule has 1 fully saturated rings. The zero-order valence-corrected chi connectivity index (χ0v) is 11.6. The fourth-order valence-electron chi connectivity index (χ4n) is 2.60. The second-order valence-electron chi connectivity index (χ2n) is 5.10. The molecule has 1 aliphatic carbocycles. The molecule has 0 spiro atoms. The molecule has 3 N–H and O–H groups in total. The van der Waals surface area contributed by atoms with Gasteiger partial charge in [-0.15, -0.1) is 0 Å². The Balaban J connectivity index is 1.85. The van der Waals surface area contributed by atoms with Gasteiger partial charge in [0.25, 0.3) is 0 Å². The number of aromatic nitrogens is 2. The molecule has 0 atom stereocenters. The lowest BCUT2D eigenvalue weighted by Gasteiger charge is -2.16. The number of nitrogens with one attached hydrogen (secondary N) is 1. The SMILES string of the molecule is COc1cc(-c2cc(N)n[nH]2)ccc1OC1CCCC1. The van der Waals surface area contributed by atoms with E-state index in [9.17, 15) is 0 Å². The predicted octanol–water partition coefficient (Wildman–Crippen LogP) is 2.99. The highest BCUT2D eigenvalue weighted by Crippen LogP contribution is 2.34. The number of nitrogens with zero attached hydrogens (tertiary/aromatic N) is 1. The van der Waals surface area contributed by atoms with Crippen LogP contribution in [0.1, 0.15) is 25.7 Å². The van der Waals surface area contributed by atoms with E-state index in [-0.39, 0.29) is 0 Å². The molecule has 0 amide bonds. The van der Waals surface area contributed by atoms with Crippen LogP contribution in [0.25, 0.3) is 11.3 Å². The van der Waals surface area contributed by atoms with Crippen LogP contribution < -0.4 is 15.2 Å². The molecule has 1 aromatic carbocycles. The van der Waals surface area contributed by atoms with Gasteiger partial charge in [0.1, 0.15) is 5.82 Å². The van der Waals surface area contributed by atoms with E-state index in [4.69, 9.17) is 15.2 Å². The number of nitrogen functional groups attached to an aromatic ring is 1. The molecule has 0 radical (unpaired) electrons. The summed E-state index contributed by atoms with van der Waals surface area (Å²) in [5.41, 5.74) is 7.47. The van der Waals surface area contributed by atoms with Gasteiger partial charge in [0.05, 0.1) is 18.9 Å². The molecule has 1 aromatic heterocycles. The zero-order chi connectivity index (χ0) is 13.9. The summed E-state index contributed by atoms with van der Waals surface area (Å²) in [6.45, 7) is 0. The van der Waals surface area contributed by atoms with Gasteiger partial charge in [-0.05, 0) is 43.9 Å². The first-order valence-electron chi connectivity index (χ1n) is 6.92. The maximum Gasteiger partial charge on any atom is 0.161 e. The van der Waals surface area contributed by atoms with E-state index in [1.54, 1.807) is 13.2 Å². The van der Waals surface area contributed by atoms with E-state index in [0.29, 0.717) is 11.9 Å². The Morgan fingerprint density at radius 1 is 1.20 bits per heavy atom. The van der Waals surface area contributed by atoms with Crippen molar-refractivity contribution in [1.82, 2.24) is 10.2 Å². The lowest BCUT2D eigenvalue weighted by molar-refractivity contribution is 0.201. The number of aromatic amines is 1. The smallest absolute Gasteiger partial charge is 0.161 e. The number of H-pyrrole nitrogens is 1. The molecular weight excluding hydrogens is 254 g/mol. The van der Waals surface area contributed by atoms with Gasteiger partial charge in [-0.3, -0.25) is 5.10 Å². The average molecular weight is 273 g/mol. The summed E-state index contributed by atoms with van der Waals surface area (Å²) >= 11 is 0. The first-order valence-corrected chi connectivity index (χ1v) is 6.92. The van der Waals surface area contributed by atoms with Crippen LogP contribution in [0, 0.1) is 0 Å². The molecule has 5 heteroatoms. The van der Waals surface area contributed by atoms with E-state index in [1.165, 1.54) is 12.8 Å². The fraction of sp³-hybridized carbons (Fsp3) is 0.400.